The molecular weight excluding hydrogens is 174 g/mol. The van der Waals surface area contributed by atoms with Crippen molar-refractivity contribution < 1.29 is 5.11 Å². The SMILES string of the molecule is CCCC([O-])Nc1cc(C)ccc1C. The molecule has 0 saturated carbocycles. The predicted octanol–water partition coefficient (Wildman–Crippen LogP) is 2.20. The maximum absolute atomic E-state index is 11.4. The Kier molecular flexibility index (Phi) is 3.96. The molecule has 0 aliphatic heterocycles. The minimum absolute atomic E-state index is 0.674. The monoisotopic (exact) mass is 192 g/mol. The Labute approximate surface area is 86.0 Å². The largest absolute Gasteiger partial charge is 0.836 e. The molecular formula is C12H18NO-. The molecule has 0 bridgehead atoms. The summed E-state index contributed by atoms with van der Waals surface area (Å²) in [4.78, 5) is 0. The summed E-state index contributed by atoms with van der Waals surface area (Å²) in [5.41, 5.74) is 3.29. The van der Waals surface area contributed by atoms with Gasteiger partial charge >= 0.3 is 0 Å². The molecule has 0 aliphatic carbocycles. The Bertz CT molecular complexity index is 296. The first-order valence-electron chi connectivity index (χ1n) is 5.13. The van der Waals surface area contributed by atoms with Gasteiger partial charge in [-0.05, 0) is 37.5 Å². The average Bonchev–Trinajstić information content (AvgIpc) is 2.12. The van der Waals surface area contributed by atoms with E-state index in [1.807, 2.05) is 32.9 Å². The van der Waals surface area contributed by atoms with Gasteiger partial charge in [-0.15, -0.1) is 0 Å². The van der Waals surface area contributed by atoms with E-state index in [0.29, 0.717) is 6.42 Å². The zero-order chi connectivity index (χ0) is 10.6. The molecule has 0 fully saturated rings. The number of rotatable bonds is 4. The van der Waals surface area contributed by atoms with Gasteiger partial charge in [-0.3, -0.25) is 0 Å². The van der Waals surface area contributed by atoms with Crippen LogP contribution in [-0.2, 0) is 0 Å². The van der Waals surface area contributed by atoms with Crippen molar-refractivity contribution in [1.82, 2.24) is 0 Å². The van der Waals surface area contributed by atoms with Gasteiger partial charge in [0.1, 0.15) is 0 Å². The Morgan fingerprint density at radius 3 is 2.71 bits per heavy atom. The van der Waals surface area contributed by atoms with Gasteiger partial charge in [-0.25, -0.2) is 0 Å². The number of hydrogen-bond donors (Lipinski definition) is 1. The second kappa shape index (κ2) is 5.01. The van der Waals surface area contributed by atoms with Crippen LogP contribution in [0.5, 0.6) is 0 Å². The summed E-state index contributed by atoms with van der Waals surface area (Å²) in [6.07, 6.45) is 0.917. The lowest BCUT2D eigenvalue weighted by Crippen LogP contribution is -2.33. The molecule has 1 aromatic carbocycles. The number of aryl methyl sites for hydroxylation is 2. The first-order valence-corrected chi connectivity index (χ1v) is 5.13. The van der Waals surface area contributed by atoms with Crippen LogP contribution in [-0.4, -0.2) is 6.23 Å². The molecule has 0 aliphatic rings. The number of nitrogens with one attached hydrogen (secondary N) is 1. The second-order valence-electron chi connectivity index (χ2n) is 3.74. The van der Waals surface area contributed by atoms with Crippen LogP contribution in [0.4, 0.5) is 5.69 Å². The molecule has 78 valence electrons. The van der Waals surface area contributed by atoms with Crippen molar-refractivity contribution >= 4 is 5.69 Å². The summed E-state index contributed by atoms with van der Waals surface area (Å²) in [5, 5.41) is 14.4. The Morgan fingerprint density at radius 2 is 2.07 bits per heavy atom. The van der Waals surface area contributed by atoms with Gasteiger partial charge < -0.3 is 10.4 Å². The lowest BCUT2D eigenvalue weighted by atomic mass is 10.1. The van der Waals surface area contributed by atoms with Crippen LogP contribution in [0.15, 0.2) is 18.2 Å². The van der Waals surface area contributed by atoms with E-state index in [1.54, 1.807) is 0 Å². The Balaban J connectivity index is 2.70. The number of anilines is 1. The molecule has 1 aromatic rings. The molecule has 2 nitrogen and oxygen atoms in total. The van der Waals surface area contributed by atoms with Crippen LogP contribution < -0.4 is 10.4 Å². The molecule has 0 amide bonds. The van der Waals surface area contributed by atoms with E-state index in [-0.39, 0.29) is 0 Å². The quantitative estimate of drug-likeness (QED) is 0.742. The highest BCUT2D eigenvalue weighted by Gasteiger charge is 1.98. The van der Waals surface area contributed by atoms with Gasteiger partial charge in [0.15, 0.2) is 0 Å². The minimum atomic E-state index is -0.680. The zero-order valence-electron chi connectivity index (χ0n) is 9.13. The maximum Gasteiger partial charge on any atom is 0.0362 e. The van der Waals surface area contributed by atoms with Crippen LogP contribution in [0, 0.1) is 13.8 Å². The van der Waals surface area contributed by atoms with Crippen molar-refractivity contribution in [3.63, 3.8) is 0 Å². The number of hydrogen-bond acceptors (Lipinski definition) is 2. The van der Waals surface area contributed by atoms with Crippen LogP contribution in [0.1, 0.15) is 30.9 Å². The first-order chi connectivity index (χ1) is 6.63. The molecule has 1 N–H and O–H groups in total. The van der Waals surface area contributed by atoms with Gasteiger partial charge in [-0.2, -0.15) is 0 Å². The summed E-state index contributed by atoms with van der Waals surface area (Å²) in [6, 6.07) is 6.12. The predicted molar refractivity (Wildman–Crippen MR) is 58.2 cm³/mol. The lowest BCUT2D eigenvalue weighted by Gasteiger charge is -2.25. The standard InChI is InChI=1S/C12H18NO/c1-4-5-12(14)13-11-8-9(2)6-7-10(11)3/h6-8,12-13H,4-5H2,1-3H3/q-1. The van der Waals surface area contributed by atoms with Crippen molar-refractivity contribution in [3.8, 4) is 0 Å². The molecule has 1 atom stereocenters. The second-order valence-corrected chi connectivity index (χ2v) is 3.74. The molecule has 0 aromatic heterocycles. The Hall–Kier alpha value is -1.02. The topological polar surface area (TPSA) is 35.1 Å². The van der Waals surface area contributed by atoms with E-state index >= 15 is 0 Å². The van der Waals surface area contributed by atoms with Gasteiger partial charge in [-0.1, -0.05) is 31.7 Å². The molecule has 1 unspecified atom stereocenters. The van der Waals surface area contributed by atoms with E-state index in [9.17, 15) is 5.11 Å². The third-order valence-corrected chi connectivity index (χ3v) is 2.26. The van der Waals surface area contributed by atoms with Gasteiger partial charge in [0.05, 0.1) is 0 Å². The van der Waals surface area contributed by atoms with Crippen molar-refractivity contribution in [1.29, 1.82) is 0 Å². The van der Waals surface area contributed by atoms with E-state index in [2.05, 4.69) is 11.4 Å². The fourth-order valence-corrected chi connectivity index (χ4v) is 1.40. The summed E-state index contributed by atoms with van der Waals surface area (Å²) < 4.78 is 0. The van der Waals surface area contributed by atoms with Crippen LogP contribution in [0.25, 0.3) is 0 Å². The van der Waals surface area contributed by atoms with Gasteiger partial charge in [0.2, 0.25) is 0 Å². The fraction of sp³-hybridized carbons (Fsp3) is 0.500. The summed E-state index contributed by atoms with van der Waals surface area (Å²) in [6.45, 7) is 6.07. The average molecular weight is 192 g/mol. The highest BCUT2D eigenvalue weighted by Crippen LogP contribution is 2.17. The molecule has 0 saturated heterocycles. The molecule has 1 rings (SSSR count). The molecule has 0 heterocycles. The van der Waals surface area contributed by atoms with Gasteiger partial charge in [0, 0.05) is 5.69 Å². The minimum Gasteiger partial charge on any atom is -0.836 e. The third-order valence-electron chi connectivity index (χ3n) is 2.26. The van der Waals surface area contributed by atoms with Crippen LogP contribution in [0.3, 0.4) is 0 Å². The van der Waals surface area contributed by atoms with E-state index in [0.717, 1.165) is 17.7 Å². The van der Waals surface area contributed by atoms with Crippen LogP contribution >= 0.6 is 0 Å². The third kappa shape index (κ3) is 3.04. The smallest absolute Gasteiger partial charge is 0.0362 e. The molecule has 0 spiro atoms. The fourth-order valence-electron chi connectivity index (χ4n) is 1.40. The first kappa shape index (κ1) is 11.1. The van der Waals surface area contributed by atoms with Gasteiger partial charge in [0.25, 0.3) is 0 Å². The normalized spacial score (nSPS) is 12.6. The summed E-state index contributed by atoms with van der Waals surface area (Å²) in [5.74, 6) is 0. The molecule has 14 heavy (non-hydrogen) atoms. The summed E-state index contributed by atoms with van der Waals surface area (Å²) >= 11 is 0. The van der Waals surface area contributed by atoms with E-state index < -0.39 is 6.23 Å². The number of benzene rings is 1. The van der Waals surface area contributed by atoms with Crippen molar-refractivity contribution in [2.45, 2.75) is 39.8 Å². The molecule has 0 radical (unpaired) electrons. The lowest BCUT2D eigenvalue weighted by molar-refractivity contribution is -0.411. The van der Waals surface area contributed by atoms with Crippen molar-refractivity contribution in [2.24, 2.45) is 0 Å². The highest BCUT2D eigenvalue weighted by molar-refractivity contribution is 5.52. The van der Waals surface area contributed by atoms with E-state index in [4.69, 9.17) is 0 Å². The zero-order valence-corrected chi connectivity index (χ0v) is 9.13. The molecule has 2 heteroatoms. The summed E-state index contributed by atoms with van der Waals surface area (Å²) in [7, 11) is 0. The maximum atomic E-state index is 11.4. The van der Waals surface area contributed by atoms with Crippen molar-refractivity contribution in [3.05, 3.63) is 29.3 Å². The van der Waals surface area contributed by atoms with E-state index in [1.165, 1.54) is 5.56 Å². The highest BCUT2D eigenvalue weighted by atomic mass is 16.3. The van der Waals surface area contributed by atoms with Crippen molar-refractivity contribution in [2.75, 3.05) is 5.32 Å². The van der Waals surface area contributed by atoms with Crippen LogP contribution in [0.2, 0.25) is 0 Å². The Morgan fingerprint density at radius 1 is 1.36 bits per heavy atom.